The van der Waals surface area contributed by atoms with E-state index in [1.807, 2.05) is 24.3 Å². The van der Waals surface area contributed by atoms with Gasteiger partial charge in [0, 0.05) is 31.1 Å². The second kappa shape index (κ2) is 32.2. The van der Waals surface area contributed by atoms with Crippen molar-refractivity contribution in [3.05, 3.63) is 72.9 Å². The highest BCUT2D eigenvalue weighted by atomic mass is 31.2. The maximum absolute atomic E-state index is 12.5. The summed E-state index contributed by atoms with van der Waals surface area (Å²) < 4.78 is 26.3. The Morgan fingerprint density at radius 2 is 1.31 bits per heavy atom. The van der Waals surface area contributed by atoms with Crippen molar-refractivity contribution in [1.82, 2.24) is 0 Å². The van der Waals surface area contributed by atoms with Crippen molar-refractivity contribution in [3.8, 4) is 0 Å². The van der Waals surface area contributed by atoms with Gasteiger partial charge in [-0.05, 0) is 70.6 Å². The van der Waals surface area contributed by atoms with Crippen LogP contribution in [0, 0.1) is 11.8 Å². The molecule has 0 spiro atoms. The van der Waals surface area contributed by atoms with E-state index in [4.69, 9.17) is 19.3 Å². The fourth-order valence-corrected chi connectivity index (χ4v) is 6.29. The van der Waals surface area contributed by atoms with Crippen LogP contribution in [0.3, 0.4) is 0 Å². The number of hydrogen-bond acceptors (Lipinski definition) is 9. The lowest BCUT2D eigenvalue weighted by Gasteiger charge is -2.18. The van der Waals surface area contributed by atoms with E-state index in [1.54, 1.807) is 12.2 Å². The summed E-state index contributed by atoms with van der Waals surface area (Å²) in [5.41, 5.74) is 0. The lowest BCUT2D eigenvalue weighted by Crippen LogP contribution is -2.29. The van der Waals surface area contributed by atoms with Gasteiger partial charge in [-0.3, -0.25) is 18.9 Å². The molecule has 0 aliphatic heterocycles. The van der Waals surface area contributed by atoms with Gasteiger partial charge in [0.1, 0.15) is 12.4 Å². The van der Waals surface area contributed by atoms with Crippen molar-refractivity contribution in [3.63, 3.8) is 0 Å². The highest BCUT2D eigenvalue weighted by molar-refractivity contribution is 7.46. The Morgan fingerprint density at radius 3 is 1.91 bits per heavy atom. The van der Waals surface area contributed by atoms with E-state index in [0.29, 0.717) is 38.5 Å². The molecule has 12 heteroatoms. The summed E-state index contributed by atoms with van der Waals surface area (Å²) in [6.07, 6.45) is 35.7. The summed E-state index contributed by atoms with van der Waals surface area (Å²) in [5.74, 6) is -1.90. The lowest BCUT2D eigenvalue weighted by molar-refractivity contribution is -0.161. The number of ether oxygens (including phenoxy) is 2. The number of ketones is 1. The monoisotopic (exact) mass is 792 g/mol. The minimum atomic E-state index is -4.84. The highest BCUT2D eigenvalue weighted by Gasteiger charge is 2.39. The van der Waals surface area contributed by atoms with Gasteiger partial charge in [0.15, 0.2) is 6.10 Å². The first-order valence-corrected chi connectivity index (χ1v) is 21.9. The molecule has 0 amide bonds. The molecule has 11 nitrogen and oxygen atoms in total. The number of unbranched alkanes of at least 4 members (excludes halogenated alkanes) is 7. The molecule has 0 radical (unpaired) electrons. The Bertz CT molecular complexity index is 1280. The minimum absolute atomic E-state index is 0.0136. The molecule has 1 saturated carbocycles. The zero-order valence-electron chi connectivity index (χ0n) is 33.3. The molecule has 1 aliphatic carbocycles. The highest BCUT2D eigenvalue weighted by Crippen LogP contribution is 2.36. The van der Waals surface area contributed by atoms with E-state index < -0.39 is 51.3 Å². The van der Waals surface area contributed by atoms with E-state index >= 15 is 0 Å². The molecule has 4 N–H and O–H groups in total. The average Bonchev–Trinajstić information content (AvgIpc) is 3.41. The molecule has 0 aromatic rings. The molecule has 0 bridgehead atoms. The summed E-state index contributed by atoms with van der Waals surface area (Å²) >= 11 is 0. The second-order valence-corrected chi connectivity index (χ2v) is 15.3. The van der Waals surface area contributed by atoms with Crippen molar-refractivity contribution in [2.24, 2.45) is 11.8 Å². The first kappa shape index (κ1) is 50.1. The number of Topliss-reactive ketones (excluding diaryl/α,β-unsaturated/α-hetero) is 1. The van der Waals surface area contributed by atoms with Gasteiger partial charge in [-0.2, -0.15) is 0 Å². The van der Waals surface area contributed by atoms with Crippen LogP contribution in [0.2, 0.25) is 0 Å². The van der Waals surface area contributed by atoms with Gasteiger partial charge in [-0.25, -0.2) is 4.57 Å². The Kier molecular flexibility index (Phi) is 29.3. The number of aliphatic hydroxyl groups excluding tert-OH is 2. The molecule has 0 aromatic heterocycles. The minimum Gasteiger partial charge on any atom is -0.462 e. The third kappa shape index (κ3) is 28.2. The van der Waals surface area contributed by atoms with Crippen LogP contribution in [-0.4, -0.2) is 69.2 Å². The summed E-state index contributed by atoms with van der Waals surface area (Å²) in [4.78, 5) is 55.4. The van der Waals surface area contributed by atoms with Gasteiger partial charge in [-0.15, -0.1) is 0 Å². The van der Waals surface area contributed by atoms with Gasteiger partial charge >= 0.3 is 19.8 Å². The van der Waals surface area contributed by atoms with Crippen molar-refractivity contribution in [2.45, 2.75) is 154 Å². The topological polar surface area (TPSA) is 177 Å². The van der Waals surface area contributed by atoms with Gasteiger partial charge in [0.05, 0.1) is 18.8 Å². The Balaban J connectivity index is 2.36. The number of allylic oxidation sites excluding steroid dienone is 10. The Labute approximate surface area is 329 Å². The van der Waals surface area contributed by atoms with Crippen LogP contribution in [0.25, 0.3) is 0 Å². The van der Waals surface area contributed by atoms with E-state index in [-0.39, 0.29) is 36.9 Å². The SMILES string of the molecule is CCCCC/C=C\C/C=C\C/C=C\C/C=C\CCCC(=O)O[C@H](COC(=O)CCC/C=C\C[C@H]1C(=O)C[C@@H](O)[C@@H]1/C=C/[C@@H](O)CCCCC)COP(=O)(O)O. The van der Waals surface area contributed by atoms with Gasteiger partial charge < -0.3 is 29.5 Å². The van der Waals surface area contributed by atoms with E-state index in [0.717, 1.165) is 44.9 Å². The predicted molar refractivity (Wildman–Crippen MR) is 217 cm³/mol. The van der Waals surface area contributed by atoms with E-state index in [2.05, 4.69) is 54.8 Å². The average molecular weight is 793 g/mol. The molecule has 55 heavy (non-hydrogen) atoms. The van der Waals surface area contributed by atoms with Crippen LogP contribution < -0.4 is 0 Å². The van der Waals surface area contributed by atoms with E-state index in [9.17, 15) is 29.2 Å². The largest absolute Gasteiger partial charge is 0.469 e. The number of rotatable bonds is 32. The van der Waals surface area contributed by atoms with Crippen molar-refractivity contribution >= 4 is 25.5 Å². The fourth-order valence-electron chi connectivity index (χ4n) is 5.93. The van der Waals surface area contributed by atoms with Gasteiger partial charge in [0.25, 0.3) is 0 Å². The smallest absolute Gasteiger partial charge is 0.462 e. The standard InChI is InChI=1S/C43H69O11P/c1-3-5-7-8-9-10-11-12-13-14-15-16-17-18-19-20-26-30-43(48)54-37(35-53-55(49,50)51)34-52-42(47)29-25-22-21-24-28-38-39(41(46)33-40(38)45)32-31-36(44)27-23-6-4-2/h9-10,12-13,15-16,18-19,21,24,31-32,36-39,41,44,46H,3-8,11,14,17,20,22-23,25-30,33-35H2,1-2H3,(H2,49,50,51)/b10-9-,13-12-,16-15-,19-18-,24-21-,32-31+/t36-,37+,38+,39+,41+/m0/s1. The number of esters is 2. The summed E-state index contributed by atoms with van der Waals surface area (Å²) in [7, 11) is -4.84. The number of phosphoric ester groups is 1. The maximum Gasteiger partial charge on any atom is 0.469 e. The summed E-state index contributed by atoms with van der Waals surface area (Å²) in [6, 6.07) is 0. The Morgan fingerprint density at radius 1 is 0.764 bits per heavy atom. The molecular formula is C43H69O11P. The van der Waals surface area contributed by atoms with Crippen LogP contribution in [-0.2, 0) is 32.9 Å². The molecule has 5 atom stereocenters. The molecule has 1 aliphatic rings. The molecule has 0 aromatic carbocycles. The van der Waals surface area contributed by atoms with Gasteiger partial charge in [0.2, 0.25) is 0 Å². The summed E-state index contributed by atoms with van der Waals surface area (Å²) in [5, 5.41) is 20.6. The molecule has 1 rings (SSSR count). The number of hydrogen-bond donors (Lipinski definition) is 4. The number of aliphatic hydroxyl groups is 2. The lowest BCUT2D eigenvalue weighted by atomic mass is 9.90. The molecule has 1 fully saturated rings. The quantitative estimate of drug-likeness (QED) is 0.0221. The van der Waals surface area contributed by atoms with Gasteiger partial charge in [-0.1, -0.05) is 119 Å². The molecule has 0 saturated heterocycles. The predicted octanol–water partition coefficient (Wildman–Crippen LogP) is 8.88. The van der Waals surface area contributed by atoms with Crippen LogP contribution in [0.5, 0.6) is 0 Å². The van der Waals surface area contributed by atoms with Crippen molar-refractivity contribution in [1.29, 1.82) is 0 Å². The first-order chi connectivity index (χ1) is 26.5. The van der Waals surface area contributed by atoms with Crippen LogP contribution in [0.1, 0.15) is 136 Å². The third-order valence-corrected chi connectivity index (χ3v) is 9.55. The maximum atomic E-state index is 12.5. The molecule has 0 unspecified atom stereocenters. The third-order valence-electron chi connectivity index (χ3n) is 9.07. The fraction of sp³-hybridized carbons (Fsp3) is 0.651. The number of phosphoric acid groups is 1. The first-order valence-electron chi connectivity index (χ1n) is 20.3. The molecule has 312 valence electrons. The molecule has 0 heterocycles. The summed E-state index contributed by atoms with van der Waals surface area (Å²) in [6.45, 7) is 3.26. The van der Waals surface area contributed by atoms with Crippen molar-refractivity contribution in [2.75, 3.05) is 13.2 Å². The Hall–Kier alpha value is -2.92. The number of carbonyl (C=O) groups is 3. The zero-order chi connectivity index (χ0) is 40.6. The molecular weight excluding hydrogens is 723 g/mol. The van der Waals surface area contributed by atoms with Crippen molar-refractivity contribution < 1.29 is 52.9 Å². The van der Waals surface area contributed by atoms with Crippen LogP contribution >= 0.6 is 7.82 Å². The zero-order valence-corrected chi connectivity index (χ0v) is 34.2. The van der Waals surface area contributed by atoms with E-state index in [1.165, 1.54) is 19.3 Å². The number of carbonyl (C=O) groups excluding carboxylic acids is 3. The normalized spacial score (nSPS) is 19.3. The van der Waals surface area contributed by atoms with Crippen LogP contribution in [0.15, 0.2) is 72.9 Å². The second-order valence-electron chi connectivity index (χ2n) is 14.0. The van der Waals surface area contributed by atoms with Crippen LogP contribution in [0.4, 0.5) is 0 Å².